The molecule has 0 aromatic rings. The van der Waals surface area contributed by atoms with Gasteiger partial charge in [-0.05, 0) is 70.6 Å². The summed E-state index contributed by atoms with van der Waals surface area (Å²) in [5, 5.41) is 33.2. The van der Waals surface area contributed by atoms with Crippen LogP contribution in [0.4, 0.5) is 0 Å². The van der Waals surface area contributed by atoms with Crippen LogP contribution in [0, 0.1) is 0 Å². The Labute approximate surface area is 316 Å². The first-order chi connectivity index (χ1) is 24.6. The smallest absolute Gasteiger partial charge is 0.368 e. The zero-order chi connectivity index (χ0) is 38.1. The lowest BCUT2D eigenvalue weighted by molar-refractivity contribution is -1.16. The third kappa shape index (κ3) is 21.0. The molecule has 0 aliphatic carbocycles. The molecule has 0 rings (SSSR count). The summed E-state index contributed by atoms with van der Waals surface area (Å²) < 4.78 is -0.947. The van der Waals surface area contributed by atoms with Gasteiger partial charge in [0.15, 0.2) is 0 Å². The van der Waals surface area contributed by atoms with E-state index < -0.39 is 27.7 Å². The van der Waals surface area contributed by atoms with Gasteiger partial charge in [0.05, 0.1) is 0 Å². The number of hydrogen-bond donors (Lipinski definition) is 3. The van der Waals surface area contributed by atoms with Gasteiger partial charge >= 0.3 is 11.9 Å². The van der Waals surface area contributed by atoms with Gasteiger partial charge in [0.25, 0.3) is 0 Å². The molecule has 2 atom stereocenters. The predicted octanol–water partition coefficient (Wildman–Crippen LogP) is 14.1. The molecule has 0 aliphatic heterocycles. The minimum atomic E-state index is -1.59. The van der Waals surface area contributed by atoms with Crippen LogP contribution in [0.2, 0.25) is 0 Å². The second-order valence-corrected chi connectivity index (χ2v) is 16.0. The third-order valence-electron chi connectivity index (χ3n) is 11.5. The van der Waals surface area contributed by atoms with E-state index in [4.69, 9.17) is 0 Å². The number of hydroxylamine groups is 3. The van der Waals surface area contributed by atoms with Crippen molar-refractivity contribution in [1.29, 1.82) is 0 Å². The second-order valence-electron chi connectivity index (χ2n) is 16.0. The largest absolute Gasteiger partial charge is 0.477 e. The summed E-state index contributed by atoms with van der Waals surface area (Å²) >= 11 is 0. The van der Waals surface area contributed by atoms with Crippen LogP contribution in [-0.2, 0) is 9.59 Å². The number of nitrogens with zero attached hydrogens (tertiary/aromatic N) is 1. The molecule has 6 nitrogen and oxygen atoms in total. The molecule has 0 aromatic carbocycles. The van der Waals surface area contributed by atoms with Gasteiger partial charge < -0.3 is 10.2 Å². The zero-order valence-electron chi connectivity index (χ0n) is 34.5. The topological polar surface area (TPSA) is 94.8 Å². The number of carboxylic acids is 2. The summed E-state index contributed by atoms with van der Waals surface area (Å²) in [5.74, 6) is -2.22. The first-order valence-electron chi connectivity index (χ1n) is 21.9. The van der Waals surface area contributed by atoms with Crippen LogP contribution in [0.25, 0.3) is 0 Å². The second kappa shape index (κ2) is 31.8. The third-order valence-corrected chi connectivity index (χ3v) is 11.5. The fraction of sp³-hybridized carbons (Fsp3) is 0.867. The van der Waals surface area contributed by atoms with Gasteiger partial charge in [-0.1, -0.05) is 161 Å². The van der Waals surface area contributed by atoms with E-state index in [1.165, 1.54) is 116 Å². The minimum absolute atomic E-state index is 0.102. The molecule has 0 radical (unpaired) electrons. The molecule has 0 saturated heterocycles. The van der Waals surface area contributed by atoms with Crippen LogP contribution < -0.4 is 0 Å². The van der Waals surface area contributed by atoms with Crippen LogP contribution in [-0.4, -0.2) is 49.6 Å². The van der Waals surface area contributed by atoms with E-state index in [2.05, 4.69) is 38.2 Å². The van der Waals surface area contributed by atoms with Crippen LogP contribution in [0.5, 0.6) is 0 Å². The molecule has 0 amide bonds. The number of aliphatic carboxylic acids is 2. The van der Waals surface area contributed by atoms with E-state index in [1.807, 2.05) is 6.92 Å². The molecule has 300 valence electrons. The number of allylic oxidation sites excluding steroid dienone is 4. The Morgan fingerprint density at radius 1 is 0.431 bits per heavy atom. The van der Waals surface area contributed by atoms with Gasteiger partial charge in [-0.2, -0.15) is 4.65 Å². The molecule has 2 unspecified atom stereocenters. The Bertz CT molecular complexity index is 835. The molecule has 51 heavy (non-hydrogen) atoms. The van der Waals surface area contributed by atoms with E-state index in [0.717, 1.165) is 51.4 Å². The Kier molecular flexibility index (Phi) is 30.8. The van der Waals surface area contributed by atoms with Crippen LogP contribution >= 0.6 is 0 Å². The fourth-order valence-electron chi connectivity index (χ4n) is 7.70. The maximum absolute atomic E-state index is 12.8. The minimum Gasteiger partial charge on any atom is -0.477 e. The average molecular weight is 721 g/mol. The number of hydrogen-bond acceptors (Lipinski definition) is 3. The van der Waals surface area contributed by atoms with Gasteiger partial charge in [-0.15, -0.1) is 0 Å². The summed E-state index contributed by atoms with van der Waals surface area (Å²) in [6.45, 7) is 9.65. The molecule has 0 aliphatic rings. The van der Waals surface area contributed by atoms with Crippen LogP contribution in [0.3, 0.4) is 0 Å². The lowest BCUT2D eigenvalue weighted by atomic mass is 9.82. The summed E-state index contributed by atoms with van der Waals surface area (Å²) in [5.41, 5.74) is -3.18. The van der Waals surface area contributed by atoms with Gasteiger partial charge in [0, 0.05) is 26.7 Å². The fourth-order valence-corrected chi connectivity index (χ4v) is 7.70. The summed E-state index contributed by atoms with van der Waals surface area (Å²) in [6, 6.07) is 0. The van der Waals surface area contributed by atoms with E-state index in [9.17, 15) is 25.0 Å². The Morgan fingerprint density at radius 2 is 0.686 bits per heavy atom. The normalized spacial score (nSPS) is 15.6. The summed E-state index contributed by atoms with van der Waals surface area (Å²) in [7, 11) is 0. The molecule has 3 N–H and O–H groups in total. The van der Waals surface area contributed by atoms with Gasteiger partial charge in [-0.3, -0.25) is 0 Å². The number of unbranched alkanes of at least 4 members (excludes halogenated alkanes) is 24. The standard InChI is InChI=1S/C45H85NO5/c1-6-9-11-13-15-17-19-21-23-25-27-29-31-33-35-37-39-44(4,42(47)48)46(51,41-8-3)45(5,43(49)50)40-38-36-34-32-30-28-26-24-22-20-18-16-14-12-10-7-2/h21-24,51H,6-20,25-41H2,1-5H3,(H-,47,48,49,50)/p+1/b23-21-,24-22-. The number of carboxylic acid groups (broad SMARTS) is 2. The SMILES string of the molecule is CCCCCCCC/C=C\CCCCCCCCC(C)(C(=O)O)[N+](O)(CCC)C(C)(CCCCCCCC/C=C\CCCCCCCC)C(=O)O. The van der Waals surface area contributed by atoms with Crippen LogP contribution in [0.15, 0.2) is 24.3 Å². The average Bonchev–Trinajstić information content (AvgIpc) is 3.10. The zero-order valence-corrected chi connectivity index (χ0v) is 34.5. The lowest BCUT2D eigenvalue weighted by Gasteiger charge is -2.51. The molecular weight excluding hydrogens is 634 g/mol. The van der Waals surface area contributed by atoms with Gasteiger partial charge in [-0.25, -0.2) is 14.8 Å². The summed E-state index contributed by atoms with van der Waals surface area (Å²) in [6.07, 6.45) is 43.1. The molecule has 0 aromatic heterocycles. The molecular formula is C45H86NO5+. The van der Waals surface area contributed by atoms with Gasteiger partial charge in [0.1, 0.15) is 6.54 Å². The van der Waals surface area contributed by atoms with E-state index in [1.54, 1.807) is 13.8 Å². The monoisotopic (exact) mass is 721 g/mol. The van der Waals surface area contributed by atoms with Crippen molar-refractivity contribution in [3.63, 3.8) is 0 Å². The van der Waals surface area contributed by atoms with E-state index >= 15 is 0 Å². The summed E-state index contributed by atoms with van der Waals surface area (Å²) in [4.78, 5) is 25.7. The van der Waals surface area contributed by atoms with Crippen molar-refractivity contribution < 1.29 is 29.7 Å². The van der Waals surface area contributed by atoms with Gasteiger partial charge in [0.2, 0.25) is 11.1 Å². The highest BCUT2D eigenvalue weighted by Crippen LogP contribution is 2.41. The quantitative estimate of drug-likeness (QED) is 0.0255. The van der Waals surface area contributed by atoms with Crippen molar-refractivity contribution in [1.82, 2.24) is 0 Å². The van der Waals surface area contributed by atoms with Crippen molar-refractivity contribution in [3.8, 4) is 0 Å². The highest BCUT2D eigenvalue weighted by molar-refractivity contribution is 5.80. The van der Waals surface area contributed by atoms with Crippen molar-refractivity contribution in [2.75, 3.05) is 6.54 Å². The first-order valence-corrected chi connectivity index (χ1v) is 21.9. The molecule has 0 bridgehead atoms. The molecule has 0 fully saturated rings. The highest BCUT2D eigenvalue weighted by atomic mass is 16.6. The maximum Gasteiger partial charge on any atom is 0.368 e. The molecule has 0 saturated carbocycles. The molecule has 0 spiro atoms. The lowest BCUT2D eigenvalue weighted by Crippen LogP contribution is -2.76. The first kappa shape index (κ1) is 49.3. The van der Waals surface area contributed by atoms with E-state index in [-0.39, 0.29) is 19.4 Å². The van der Waals surface area contributed by atoms with Crippen molar-refractivity contribution in [2.24, 2.45) is 0 Å². The Morgan fingerprint density at radius 3 is 0.941 bits per heavy atom. The Hall–Kier alpha value is -1.66. The molecule has 6 heteroatoms. The van der Waals surface area contributed by atoms with Crippen molar-refractivity contribution in [2.45, 2.75) is 245 Å². The number of quaternary nitrogens is 1. The Balaban J connectivity index is 4.65. The van der Waals surface area contributed by atoms with Crippen molar-refractivity contribution in [3.05, 3.63) is 24.3 Å². The van der Waals surface area contributed by atoms with E-state index in [0.29, 0.717) is 19.3 Å². The van der Waals surface area contributed by atoms with Crippen molar-refractivity contribution >= 4 is 11.9 Å². The maximum atomic E-state index is 12.8. The van der Waals surface area contributed by atoms with Crippen LogP contribution in [0.1, 0.15) is 234 Å². The highest BCUT2D eigenvalue weighted by Gasteiger charge is 2.65. The molecule has 0 heterocycles. The predicted molar refractivity (Wildman–Crippen MR) is 217 cm³/mol. The number of rotatable bonds is 38. The number of carbonyl (C=O) groups is 2.